The van der Waals surface area contributed by atoms with Crippen LogP contribution < -0.4 is 0 Å². The second-order valence-electron chi connectivity index (χ2n) is 13.2. The van der Waals surface area contributed by atoms with Crippen molar-refractivity contribution in [1.82, 2.24) is 0 Å². The highest BCUT2D eigenvalue weighted by Crippen LogP contribution is 2.63. The van der Waals surface area contributed by atoms with Crippen molar-refractivity contribution in [2.75, 3.05) is 13.2 Å². The van der Waals surface area contributed by atoms with E-state index in [0.29, 0.717) is 19.3 Å². The van der Waals surface area contributed by atoms with Crippen LogP contribution in [0.4, 0.5) is 0 Å². The molecule has 4 rings (SSSR count). The van der Waals surface area contributed by atoms with E-state index in [1.54, 1.807) is 0 Å². The first-order valence-electron chi connectivity index (χ1n) is 14.5. The average molecular weight is 553 g/mol. The number of fused-ring (bicyclic) bond motifs is 3. The van der Waals surface area contributed by atoms with Crippen LogP contribution >= 0.6 is 0 Å². The molecule has 3 fully saturated rings. The molecule has 2 saturated carbocycles. The predicted molar refractivity (Wildman–Crippen MR) is 143 cm³/mol. The van der Waals surface area contributed by atoms with Crippen LogP contribution in [0.3, 0.4) is 0 Å². The molecule has 0 spiro atoms. The van der Waals surface area contributed by atoms with Gasteiger partial charge in [0.05, 0.1) is 25.4 Å². The Balaban J connectivity index is 1.53. The molecule has 0 bridgehead atoms. The smallest absolute Gasteiger partial charge is 0.338 e. The quantitative estimate of drug-likeness (QED) is 0.174. The van der Waals surface area contributed by atoms with E-state index in [-0.39, 0.29) is 35.9 Å². The normalized spacial score (nSPS) is 47.9. The summed E-state index contributed by atoms with van der Waals surface area (Å²) in [6.45, 7) is 12.4. The Morgan fingerprint density at radius 2 is 1.87 bits per heavy atom. The molecule has 9 heteroatoms. The van der Waals surface area contributed by atoms with Crippen LogP contribution in [0.2, 0.25) is 0 Å². The van der Waals surface area contributed by atoms with Crippen LogP contribution in [0, 0.1) is 28.1 Å². The van der Waals surface area contributed by atoms with E-state index < -0.39 is 54.3 Å². The molecular weight excluding hydrogens is 504 g/mol. The summed E-state index contributed by atoms with van der Waals surface area (Å²) in [5.41, 5.74) is 0.256. The molecule has 9 nitrogen and oxygen atoms in total. The van der Waals surface area contributed by atoms with Crippen LogP contribution in [0.5, 0.6) is 0 Å². The number of hydrogen-bond donors (Lipinski definition) is 5. The van der Waals surface area contributed by atoms with Gasteiger partial charge in [-0.2, -0.15) is 0 Å². The Hall–Kier alpha value is -1.33. The second-order valence-corrected chi connectivity index (χ2v) is 13.2. The summed E-state index contributed by atoms with van der Waals surface area (Å²) in [5.74, 6) is -0.603. The van der Waals surface area contributed by atoms with Crippen molar-refractivity contribution in [1.29, 1.82) is 0 Å². The zero-order chi connectivity index (χ0) is 28.8. The molecule has 0 aromatic rings. The molecule has 39 heavy (non-hydrogen) atoms. The number of unbranched alkanes of at least 4 members (excludes halogenated alkanes) is 1. The Bertz CT molecular complexity index is 937. The van der Waals surface area contributed by atoms with Crippen molar-refractivity contribution in [3.05, 3.63) is 24.3 Å². The Kier molecular flexibility index (Phi) is 9.04. The highest BCUT2D eigenvalue weighted by molar-refractivity contribution is 5.75. The number of ether oxygens (including phenoxy) is 3. The third-order valence-electron chi connectivity index (χ3n) is 10.3. The lowest BCUT2D eigenvalue weighted by Crippen LogP contribution is -2.64. The van der Waals surface area contributed by atoms with Gasteiger partial charge in [-0.05, 0) is 61.2 Å². The van der Waals surface area contributed by atoms with Gasteiger partial charge >= 0.3 is 5.97 Å². The second kappa shape index (κ2) is 11.5. The predicted octanol–water partition coefficient (Wildman–Crippen LogP) is 2.23. The molecule has 1 aliphatic heterocycles. The summed E-state index contributed by atoms with van der Waals surface area (Å²) in [4.78, 5) is 12.5. The Labute approximate surface area is 231 Å². The molecular formula is C30H48O9. The molecule has 5 N–H and O–H groups in total. The van der Waals surface area contributed by atoms with Gasteiger partial charge in [0.2, 0.25) is 0 Å². The van der Waals surface area contributed by atoms with Gasteiger partial charge in [-0.3, -0.25) is 0 Å². The Morgan fingerprint density at radius 3 is 2.54 bits per heavy atom. The monoisotopic (exact) mass is 552 g/mol. The van der Waals surface area contributed by atoms with Gasteiger partial charge < -0.3 is 39.7 Å². The van der Waals surface area contributed by atoms with Gasteiger partial charge in [-0.15, -0.1) is 6.58 Å². The first-order valence-corrected chi connectivity index (χ1v) is 14.5. The number of aliphatic hydroxyl groups excluding tert-OH is 5. The van der Waals surface area contributed by atoms with Crippen molar-refractivity contribution in [3.8, 4) is 0 Å². The molecule has 222 valence electrons. The maximum Gasteiger partial charge on any atom is 0.338 e. The lowest BCUT2D eigenvalue weighted by atomic mass is 9.44. The van der Waals surface area contributed by atoms with Crippen molar-refractivity contribution in [2.24, 2.45) is 28.1 Å². The number of rotatable bonds is 8. The molecule has 3 aliphatic carbocycles. The minimum atomic E-state index is -1.69. The fourth-order valence-electron chi connectivity index (χ4n) is 7.80. The molecule has 1 saturated heterocycles. The number of allylic oxidation sites excluding steroid dienone is 3. The van der Waals surface area contributed by atoms with Crippen molar-refractivity contribution in [2.45, 2.75) is 116 Å². The van der Waals surface area contributed by atoms with E-state index in [1.165, 1.54) is 5.57 Å². The maximum absolute atomic E-state index is 12.5. The lowest BCUT2D eigenvalue weighted by Gasteiger charge is -2.62. The molecule has 0 aromatic carbocycles. The van der Waals surface area contributed by atoms with E-state index in [4.69, 9.17) is 14.2 Å². The summed E-state index contributed by atoms with van der Waals surface area (Å²) in [5, 5.41) is 53.8. The van der Waals surface area contributed by atoms with Gasteiger partial charge in [0.25, 0.3) is 0 Å². The molecule has 0 amide bonds. The van der Waals surface area contributed by atoms with Crippen LogP contribution in [0.1, 0.15) is 72.6 Å². The molecule has 4 aliphatic rings. The average Bonchev–Trinajstić information content (AvgIpc) is 2.90. The van der Waals surface area contributed by atoms with Gasteiger partial charge in [0.15, 0.2) is 12.4 Å². The molecule has 12 atom stereocenters. The van der Waals surface area contributed by atoms with Gasteiger partial charge in [0.1, 0.15) is 18.3 Å². The van der Waals surface area contributed by atoms with E-state index >= 15 is 0 Å². The SMILES string of the molecule is C=CC1(C)CCC2C(=CCC3C2(C)CC(O)C(O)C3(C)COC2OC(C(=O)OCCCC)C(O)C(O)C2O)C1. The van der Waals surface area contributed by atoms with Crippen LogP contribution in [0.25, 0.3) is 0 Å². The summed E-state index contributed by atoms with van der Waals surface area (Å²) in [6.07, 6.45) is -0.0985. The van der Waals surface area contributed by atoms with Gasteiger partial charge in [-0.25, -0.2) is 4.79 Å². The maximum atomic E-state index is 12.5. The summed E-state index contributed by atoms with van der Waals surface area (Å²) < 4.78 is 16.8. The molecule has 0 aromatic heterocycles. The molecule has 12 unspecified atom stereocenters. The van der Waals surface area contributed by atoms with Gasteiger partial charge in [-0.1, -0.05) is 51.8 Å². The summed E-state index contributed by atoms with van der Waals surface area (Å²) >= 11 is 0. The van der Waals surface area contributed by atoms with Crippen molar-refractivity contribution in [3.63, 3.8) is 0 Å². The van der Waals surface area contributed by atoms with Crippen molar-refractivity contribution >= 4 is 5.97 Å². The van der Waals surface area contributed by atoms with Crippen LogP contribution in [-0.2, 0) is 19.0 Å². The standard InChI is InChI=1S/C30H48O9/c1-6-8-13-37-26(36)24-22(33)21(32)23(34)27(39-24)38-16-30(5)20-10-9-17-14-28(3,7-2)12-11-18(17)29(20,4)15-19(31)25(30)35/h7,9,18-25,27,31-35H,2,6,8,10-16H2,1,3-5H3. The van der Waals surface area contributed by atoms with E-state index in [9.17, 15) is 30.3 Å². The van der Waals surface area contributed by atoms with E-state index in [2.05, 4.69) is 26.5 Å². The number of aliphatic hydroxyl groups is 5. The number of carbonyl (C=O) groups is 1. The molecule has 0 radical (unpaired) electrons. The number of esters is 1. The summed E-state index contributed by atoms with van der Waals surface area (Å²) in [7, 11) is 0. The highest BCUT2D eigenvalue weighted by Gasteiger charge is 2.61. The third-order valence-corrected chi connectivity index (χ3v) is 10.3. The fraction of sp³-hybridized carbons (Fsp3) is 0.833. The summed E-state index contributed by atoms with van der Waals surface area (Å²) in [6, 6.07) is 0. The fourth-order valence-corrected chi connectivity index (χ4v) is 7.80. The number of hydrogen-bond acceptors (Lipinski definition) is 9. The number of carbonyl (C=O) groups excluding carboxylic acids is 1. The largest absolute Gasteiger partial charge is 0.464 e. The highest BCUT2D eigenvalue weighted by atomic mass is 16.7. The van der Waals surface area contributed by atoms with Crippen LogP contribution in [-0.4, -0.2) is 87.6 Å². The minimum Gasteiger partial charge on any atom is -0.464 e. The van der Waals surface area contributed by atoms with Crippen LogP contribution in [0.15, 0.2) is 24.3 Å². The lowest BCUT2D eigenvalue weighted by molar-refractivity contribution is -0.309. The van der Waals surface area contributed by atoms with E-state index in [0.717, 1.165) is 25.7 Å². The first kappa shape index (κ1) is 30.6. The first-order chi connectivity index (χ1) is 18.3. The third kappa shape index (κ3) is 5.48. The molecule has 1 heterocycles. The van der Waals surface area contributed by atoms with E-state index in [1.807, 2.05) is 19.9 Å². The van der Waals surface area contributed by atoms with Gasteiger partial charge in [0, 0.05) is 5.41 Å². The Morgan fingerprint density at radius 1 is 1.15 bits per heavy atom. The zero-order valence-electron chi connectivity index (χ0n) is 23.8. The minimum absolute atomic E-state index is 0.0312. The van der Waals surface area contributed by atoms with Crippen molar-refractivity contribution < 1.29 is 44.5 Å². The topological polar surface area (TPSA) is 146 Å². The zero-order valence-corrected chi connectivity index (χ0v) is 23.8.